The van der Waals surface area contributed by atoms with E-state index in [-0.39, 0.29) is 18.4 Å². The Bertz CT molecular complexity index is 505. The van der Waals surface area contributed by atoms with Crippen molar-refractivity contribution in [3.63, 3.8) is 0 Å². The van der Waals surface area contributed by atoms with E-state index < -0.39 is 5.41 Å². The normalized spacial score (nSPS) is 11.1. The van der Waals surface area contributed by atoms with Crippen molar-refractivity contribution in [2.24, 2.45) is 5.41 Å². The molecule has 0 aliphatic rings. The monoisotopic (exact) mass is 276 g/mol. The summed E-state index contributed by atoms with van der Waals surface area (Å²) in [6.07, 6.45) is 0. The molecule has 0 heterocycles. The number of carbonyl (C=O) groups is 2. The Labute approximate surface area is 121 Å². The van der Waals surface area contributed by atoms with Gasteiger partial charge in [0.15, 0.2) is 0 Å². The van der Waals surface area contributed by atoms with Crippen LogP contribution in [0.25, 0.3) is 0 Å². The van der Waals surface area contributed by atoms with E-state index in [1.165, 1.54) is 5.56 Å². The van der Waals surface area contributed by atoms with Crippen LogP contribution in [-0.2, 0) is 9.59 Å². The molecule has 4 heteroatoms. The zero-order valence-corrected chi connectivity index (χ0v) is 13.2. The minimum atomic E-state index is -0.490. The lowest BCUT2D eigenvalue weighted by Crippen LogP contribution is -2.39. The Morgan fingerprint density at radius 3 is 2.00 bits per heavy atom. The van der Waals surface area contributed by atoms with Crippen molar-refractivity contribution < 1.29 is 9.59 Å². The Hall–Kier alpha value is -1.84. The van der Waals surface area contributed by atoms with Gasteiger partial charge in [0, 0.05) is 11.1 Å². The molecule has 0 saturated heterocycles. The quantitative estimate of drug-likeness (QED) is 0.891. The van der Waals surface area contributed by atoms with Crippen molar-refractivity contribution in [2.75, 3.05) is 11.9 Å². The summed E-state index contributed by atoms with van der Waals surface area (Å²) in [6.45, 7) is 11.4. The summed E-state index contributed by atoms with van der Waals surface area (Å²) in [5, 5.41) is 5.50. The maximum Gasteiger partial charge on any atom is 0.243 e. The third-order valence-corrected chi connectivity index (χ3v) is 3.03. The van der Waals surface area contributed by atoms with Crippen LogP contribution in [0.2, 0.25) is 0 Å². The molecule has 0 unspecified atom stereocenters. The van der Waals surface area contributed by atoms with Gasteiger partial charge in [0.2, 0.25) is 11.8 Å². The minimum absolute atomic E-state index is 0.0111. The molecule has 0 aliphatic heterocycles. The predicted molar refractivity (Wildman–Crippen MR) is 81.7 cm³/mol. The molecule has 110 valence electrons. The van der Waals surface area contributed by atoms with Crippen LogP contribution in [0.1, 0.15) is 37.5 Å². The van der Waals surface area contributed by atoms with E-state index in [4.69, 9.17) is 0 Å². The van der Waals surface area contributed by atoms with E-state index in [1.54, 1.807) is 0 Å². The second-order valence-electron chi connectivity index (χ2n) is 6.25. The molecule has 4 nitrogen and oxygen atoms in total. The second-order valence-corrected chi connectivity index (χ2v) is 6.25. The van der Waals surface area contributed by atoms with E-state index in [0.29, 0.717) is 0 Å². The first-order valence-electron chi connectivity index (χ1n) is 6.77. The van der Waals surface area contributed by atoms with Crippen molar-refractivity contribution in [1.29, 1.82) is 0 Å². The van der Waals surface area contributed by atoms with Gasteiger partial charge in [0.25, 0.3) is 0 Å². The van der Waals surface area contributed by atoms with Crippen LogP contribution in [-0.4, -0.2) is 18.4 Å². The standard InChI is InChI=1S/C16H24N2O2/c1-10-7-11(2)14(12(3)8-10)18-13(19)9-17-15(20)16(4,5)6/h7-8H,9H2,1-6H3,(H,17,20)(H,18,19). The molecule has 0 aliphatic carbocycles. The first-order valence-corrected chi connectivity index (χ1v) is 6.77. The molecule has 0 fully saturated rings. The number of amides is 2. The van der Waals surface area contributed by atoms with Gasteiger partial charge in [-0.25, -0.2) is 0 Å². The molecule has 2 N–H and O–H groups in total. The van der Waals surface area contributed by atoms with E-state index in [2.05, 4.69) is 10.6 Å². The Morgan fingerprint density at radius 1 is 1.05 bits per heavy atom. The number of nitrogens with one attached hydrogen (secondary N) is 2. The van der Waals surface area contributed by atoms with Crippen LogP contribution in [0.3, 0.4) is 0 Å². The molecule has 20 heavy (non-hydrogen) atoms. The van der Waals surface area contributed by atoms with Crippen LogP contribution in [0.15, 0.2) is 12.1 Å². The lowest BCUT2D eigenvalue weighted by molar-refractivity contribution is -0.130. The lowest BCUT2D eigenvalue weighted by atomic mass is 9.96. The highest BCUT2D eigenvalue weighted by Gasteiger charge is 2.21. The van der Waals surface area contributed by atoms with Crippen molar-refractivity contribution in [3.8, 4) is 0 Å². The van der Waals surface area contributed by atoms with Crippen LogP contribution in [0.4, 0.5) is 5.69 Å². The smallest absolute Gasteiger partial charge is 0.243 e. The molecule has 1 aromatic carbocycles. The second kappa shape index (κ2) is 6.07. The number of aryl methyl sites for hydroxylation is 3. The highest BCUT2D eigenvalue weighted by Crippen LogP contribution is 2.21. The fraction of sp³-hybridized carbons (Fsp3) is 0.500. The maximum absolute atomic E-state index is 11.9. The number of hydrogen-bond donors (Lipinski definition) is 2. The number of hydrogen-bond acceptors (Lipinski definition) is 2. The van der Waals surface area contributed by atoms with Crippen LogP contribution in [0.5, 0.6) is 0 Å². The summed E-state index contributed by atoms with van der Waals surface area (Å²) in [7, 11) is 0. The third kappa shape index (κ3) is 4.37. The molecule has 0 bridgehead atoms. The van der Waals surface area contributed by atoms with Gasteiger partial charge in [-0.05, 0) is 31.9 Å². The van der Waals surface area contributed by atoms with Crippen LogP contribution in [0, 0.1) is 26.2 Å². The topological polar surface area (TPSA) is 58.2 Å². The van der Waals surface area contributed by atoms with Crippen molar-refractivity contribution in [2.45, 2.75) is 41.5 Å². The zero-order chi connectivity index (χ0) is 15.5. The first kappa shape index (κ1) is 16.2. The fourth-order valence-corrected chi connectivity index (χ4v) is 1.99. The summed E-state index contributed by atoms with van der Waals surface area (Å²) in [5.41, 5.74) is 3.55. The Kier molecular flexibility index (Phi) is 4.93. The molecular weight excluding hydrogens is 252 g/mol. The van der Waals surface area contributed by atoms with Gasteiger partial charge in [-0.3, -0.25) is 9.59 Å². The highest BCUT2D eigenvalue weighted by molar-refractivity contribution is 5.96. The SMILES string of the molecule is Cc1cc(C)c(NC(=O)CNC(=O)C(C)(C)C)c(C)c1. The van der Waals surface area contributed by atoms with Gasteiger partial charge in [0.1, 0.15) is 0 Å². The molecular formula is C16H24N2O2. The van der Waals surface area contributed by atoms with Crippen LogP contribution >= 0.6 is 0 Å². The number of anilines is 1. The average molecular weight is 276 g/mol. The van der Waals surface area contributed by atoms with Gasteiger partial charge in [0.05, 0.1) is 6.54 Å². The largest absolute Gasteiger partial charge is 0.347 e. The first-order chi connectivity index (χ1) is 9.11. The minimum Gasteiger partial charge on any atom is -0.347 e. The maximum atomic E-state index is 11.9. The van der Waals surface area contributed by atoms with Crippen LogP contribution < -0.4 is 10.6 Å². The number of rotatable bonds is 3. The van der Waals surface area contributed by atoms with E-state index in [9.17, 15) is 9.59 Å². The van der Waals surface area contributed by atoms with Gasteiger partial charge in [-0.2, -0.15) is 0 Å². The summed E-state index contributed by atoms with van der Waals surface area (Å²) < 4.78 is 0. The molecule has 1 rings (SSSR count). The van der Waals surface area contributed by atoms with Crippen molar-refractivity contribution >= 4 is 17.5 Å². The highest BCUT2D eigenvalue weighted by atomic mass is 16.2. The summed E-state index contributed by atoms with van der Waals surface area (Å²) in [6, 6.07) is 4.05. The third-order valence-electron chi connectivity index (χ3n) is 3.03. The molecule has 0 radical (unpaired) electrons. The van der Waals surface area contributed by atoms with Gasteiger partial charge in [-0.15, -0.1) is 0 Å². The molecule has 1 aromatic rings. The lowest BCUT2D eigenvalue weighted by Gasteiger charge is -2.18. The molecule has 0 spiro atoms. The molecule has 0 aromatic heterocycles. The van der Waals surface area contributed by atoms with E-state index >= 15 is 0 Å². The Balaban J connectivity index is 2.67. The van der Waals surface area contributed by atoms with E-state index in [0.717, 1.165) is 16.8 Å². The predicted octanol–water partition coefficient (Wildman–Crippen LogP) is 2.71. The summed E-state index contributed by atoms with van der Waals surface area (Å²) in [4.78, 5) is 23.6. The summed E-state index contributed by atoms with van der Waals surface area (Å²) in [5.74, 6) is -0.345. The van der Waals surface area contributed by atoms with E-state index in [1.807, 2.05) is 53.7 Å². The van der Waals surface area contributed by atoms with Crippen molar-refractivity contribution in [3.05, 3.63) is 28.8 Å². The van der Waals surface area contributed by atoms with Gasteiger partial charge in [-0.1, -0.05) is 38.5 Å². The Morgan fingerprint density at radius 2 is 1.55 bits per heavy atom. The molecule has 0 atom stereocenters. The van der Waals surface area contributed by atoms with Crippen molar-refractivity contribution in [1.82, 2.24) is 5.32 Å². The fourth-order valence-electron chi connectivity index (χ4n) is 1.99. The molecule has 2 amide bonds. The number of benzene rings is 1. The van der Waals surface area contributed by atoms with Gasteiger partial charge < -0.3 is 10.6 Å². The summed E-state index contributed by atoms with van der Waals surface area (Å²) >= 11 is 0. The van der Waals surface area contributed by atoms with Gasteiger partial charge >= 0.3 is 0 Å². The average Bonchev–Trinajstić information content (AvgIpc) is 2.29. The number of carbonyl (C=O) groups excluding carboxylic acids is 2. The zero-order valence-electron chi connectivity index (χ0n) is 13.2. The molecule has 0 saturated carbocycles.